The molecule has 0 radical (unpaired) electrons. The summed E-state index contributed by atoms with van der Waals surface area (Å²) in [6.45, 7) is 4.19. The van der Waals surface area contributed by atoms with Gasteiger partial charge in [0.2, 0.25) is 5.16 Å². The van der Waals surface area contributed by atoms with Crippen LogP contribution in [0.4, 0.5) is 4.39 Å². The number of nitrogens with two attached hydrogens (primary N) is 1. The number of ether oxygens (including phenoxy) is 1. The molecule has 0 unspecified atom stereocenters. The Morgan fingerprint density at radius 1 is 1.19 bits per heavy atom. The smallest absolute Gasteiger partial charge is 0.210 e. The number of aromatic nitrogens is 3. The first kappa shape index (κ1) is 18.5. The highest BCUT2D eigenvalue weighted by Crippen LogP contribution is 2.27. The standard InChI is InChI=1S/C18H18ClFN4OS/c1-11-4-3-5-12(2)17(11)25-9-16-22-23-18(24(16)21)26-10-13-6-7-14(20)8-15(13)19/h3-8H,9-10,21H2,1-2H3. The van der Waals surface area contributed by atoms with Crippen LogP contribution in [-0.4, -0.2) is 14.9 Å². The fraction of sp³-hybridized carbons (Fsp3) is 0.222. The number of thioether (sulfide) groups is 1. The van der Waals surface area contributed by atoms with Gasteiger partial charge in [-0.1, -0.05) is 47.6 Å². The van der Waals surface area contributed by atoms with Crippen LogP contribution in [0.1, 0.15) is 22.5 Å². The van der Waals surface area contributed by atoms with Gasteiger partial charge in [-0.05, 0) is 42.7 Å². The third kappa shape index (κ3) is 4.11. The molecule has 136 valence electrons. The Kier molecular flexibility index (Phi) is 5.68. The molecule has 0 aliphatic heterocycles. The Morgan fingerprint density at radius 3 is 2.62 bits per heavy atom. The maximum absolute atomic E-state index is 13.1. The minimum Gasteiger partial charge on any atom is -0.485 e. The average Bonchev–Trinajstić information content (AvgIpc) is 2.94. The lowest BCUT2D eigenvalue weighted by molar-refractivity contribution is 0.288. The van der Waals surface area contributed by atoms with Crippen LogP contribution in [0.3, 0.4) is 0 Å². The number of para-hydroxylation sites is 1. The number of halogens is 2. The molecule has 3 rings (SSSR count). The van der Waals surface area contributed by atoms with Crippen molar-refractivity contribution >= 4 is 23.4 Å². The summed E-state index contributed by atoms with van der Waals surface area (Å²) in [6.07, 6.45) is 0. The number of hydrogen-bond donors (Lipinski definition) is 1. The molecule has 1 aromatic heterocycles. The molecule has 0 saturated carbocycles. The van der Waals surface area contributed by atoms with Crippen molar-refractivity contribution in [1.29, 1.82) is 0 Å². The molecule has 3 aromatic rings. The molecule has 0 saturated heterocycles. The van der Waals surface area contributed by atoms with E-state index in [2.05, 4.69) is 10.2 Å². The van der Waals surface area contributed by atoms with Gasteiger partial charge in [-0.15, -0.1) is 10.2 Å². The van der Waals surface area contributed by atoms with Gasteiger partial charge in [0.25, 0.3) is 0 Å². The Balaban J connectivity index is 1.66. The molecule has 0 atom stereocenters. The largest absolute Gasteiger partial charge is 0.485 e. The highest BCUT2D eigenvalue weighted by Gasteiger charge is 2.13. The van der Waals surface area contributed by atoms with E-state index in [1.807, 2.05) is 32.0 Å². The molecule has 0 spiro atoms. The molecule has 0 aliphatic carbocycles. The number of hydrogen-bond acceptors (Lipinski definition) is 5. The first-order valence-electron chi connectivity index (χ1n) is 7.91. The number of benzene rings is 2. The molecule has 1 heterocycles. The third-order valence-electron chi connectivity index (χ3n) is 3.86. The van der Waals surface area contributed by atoms with E-state index in [1.54, 1.807) is 6.07 Å². The van der Waals surface area contributed by atoms with Gasteiger partial charge in [-0.25, -0.2) is 9.07 Å². The van der Waals surface area contributed by atoms with E-state index < -0.39 is 0 Å². The lowest BCUT2D eigenvalue weighted by atomic mass is 10.1. The summed E-state index contributed by atoms with van der Waals surface area (Å²) in [4.78, 5) is 0. The second-order valence-electron chi connectivity index (χ2n) is 5.80. The van der Waals surface area contributed by atoms with Crippen molar-refractivity contribution in [3.63, 3.8) is 0 Å². The van der Waals surface area contributed by atoms with Crippen molar-refractivity contribution in [1.82, 2.24) is 14.9 Å². The molecule has 0 aliphatic rings. The molecule has 5 nitrogen and oxygen atoms in total. The summed E-state index contributed by atoms with van der Waals surface area (Å²) in [5.74, 6) is 7.55. The lowest BCUT2D eigenvalue weighted by Gasteiger charge is -2.11. The maximum Gasteiger partial charge on any atom is 0.210 e. The molecule has 8 heteroatoms. The van der Waals surface area contributed by atoms with Crippen LogP contribution < -0.4 is 10.6 Å². The van der Waals surface area contributed by atoms with Crippen LogP contribution >= 0.6 is 23.4 Å². The summed E-state index contributed by atoms with van der Waals surface area (Å²) in [6, 6.07) is 10.3. The van der Waals surface area contributed by atoms with Crippen molar-refractivity contribution in [2.45, 2.75) is 31.4 Å². The van der Waals surface area contributed by atoms with E-state index in [0.717, 1.165) is 22.4 Å². The van der Waals surface area contributed by atoms with Gasteiger partial charge in [-0.2, -0.15) is 0 Å². The van der Waals surface area contributed by atoms with Gasteiger partial charge in [-0.3, -0.25) is 0 Å². The molecule has 2 N–H and O–H groups in total. The van der Waals surface area contributed by atoms with E-state index in [4.69, 9.17) is 22.2 Å². The van der Waals surface area contributed by atoms with Crippen molar-refractivity contribution in [2.75, 3.05) is 5.84 Å². The Hall–Kier alpha value is -2.25. The van der Waals surface area contributed by atoms with Gasteiger partial charge in [0.1, 0.15) is 18.2 Å². The van der Waals surface area contributed by atoms with Crippen molar-refractivity contribution < 1.29 is 9.13 Å². The predicted molar refractivity (Wildman–Crippen MR) is 101 cm³/mol. The van der Waals surface area contributed by atoms with E-state index in [-0.39, 0.29) is 12.4 Å². The molecule has 0 amide bonds. The summed E-state index contributed by atoms with van der Waals surface area (Å²) in [5, 5.41) is 9.08. The first-order chi connectivity index (χ1) is 12.5. The van der Waals surface area contributed by atoms with Crippen molar-refractivity contribution in [2.24, 2.45) is 0 Å². The Bertz CT molecular complexity index is 911. The fourth-order valence-electron chi connectivity index (χ4n) is 2.45. The van der Waals surface area contributed by atoms with E-state index in [1.165, 1.54) is 28.6 Å². The summed E-state index contributed by atoms with van der Waals surface area (Å²) < 4.78 is 20.4. The molecule has 26 heavy (non-hydrogen) atoms. The molecule has 2 aromatic carbocycles. The predicted octanol–water partition coefficient (Wildman–Crippen LogP) is 4.27. The maximum atomic E-state index is 13.1. The average molecular weight is 393 g/mol. The van der Waals surface area contributed by atoms with Gasteiger partial charge < -0.3 is 10.6 Å². The molecular weight excluding hydrogens is 375 g/mol. The van der Waals surface area contributed by atoms with E-state index in [0.29, 0.717) is 21.8 Å². The number of rotatable bonds is 6. The van der Waals surface area contributed by atoms with E-state index >= 15 is 0 Å². The Morgan fingerprint density at radius 2 is 1.92 bits per heavy atom. The van der Waals surface area contributed by atoms with Crippen molar-refractivity contribution in [3.05, 3.63) is 69.8 Å². The first-order valence-corrected chi connectivity index (χ1v) is 9.27. The zero-order chi connectivity index (χ0) is 18.7. The second-order valence-corrected chi connectivity index (χ2v) is 7.15. The summed E-state index contributed by atoms with van der Waals surface area (Å²) in [5.41, 5.74) is 2.90. The van der Waals surface area contributed by atoms with Crippen LogP contribution in [0.2, 0.25) is 5.02 Å². The number of nitrogens with zero attached hydrogens (tertiary/aromatic N) is 3. The summed E-state index contributed by atoms with van der Waals surface area (Å²) in [7, 11) is 0. The minimum absolute atomic E-state index is 0.215. The Labute approximate surface area is 160 Å². The van der Waals surface area contributed by atoms with Crippen LogP contribution in [-0.2, 0) is 12.4 Å². The van der Waals surface area contributed by atoms with Gasteiger partial charge in [0, 0.05) is 10.8 Å². The third-order valence-corrected chi connectivity index (χ3v) is 5.21. The van der Waals surface area contributed by atoms with Crippen molar-refractivity contribution in [3.8, 4) is 5.75 Å². The molecule has 0 bridgehead atoms. The topological polar surface area (TPSA) is 66.0 Å². The monoisotopic (exact) mass is 392 g/mol. The number of aryl methyl sites for hydroxylation is 2. The second kappa shape index (κ2) is 7.97. The SMILES string of the molecule is Cc1cccc(C)c1OCc1nnc(SCc2ccc(F)cc2Cl)n1N. The minimum atomic E-state index is -0.364. The highest BCUT2D eigenvalue weighted by atomic mass is 35.5. The lowest BCUT2D eigenvalue weighted by Crippen LogP contribution is -2.16. The fourth-order valence-corrected chi connectivity index (χ4v) is 3.64. The zero-order valence-electron chi connectivity index (χ0n) is 14.4. The van der Waals surface area contributed by atoms with Crippen LogP contribution in [0.15, 0.2) is 41.6 Å². The van der Waals surface area contributed by atoms with Gasteiger partial charge in [0.15, 0.2) is 5.82 Å². The van der Waals surface area contributed by atoms with Crippen LogP contribution in [0.25, 0.3) is 0 Å². The quantitative estimate of drug-likeness (QED) is 0.501. The summed E-state index contributed by atoms with van der Waals surface area (Å²) >= 11 is 7.41. The van der Waals surface area contributed by atoms with Crippen LogP contribution in [0.5, 0.6) is 5.75 Å². The molecule has 0 fully saturated rings. The normalized spacial score (nSPS) is 10.9. The number of nitrogen functional groups attached to an aromatic ring is 1. The molecular formula is C18H18ClFN4OS. The zero-order valence-corrected chi connectivity index (χ0v) is 15.9. The highest BCUT2D eigenvalue weighted by molar-refractivity contribution is 7.98. The van der Waals surface area contributed by atoms with Gasteiger partial charge in [0.05, 0.1) is 0 Å². The van der Waals surface area contributed by atoms with Crippen LogP contribution in [0, 0.1) is 19.7 Å². The van der Waals surface area contributed by atoms with E-state index in [9.17, 15) is 4.39 Å². The van der Waals surface area contributed by atoms with Gasteiger partial charge >= 0.3 is 0 Å².